The van der Waals surface area contributed by atoms with Gasteiger partial charge in [-0.15, -0.1) is 0 Å². The van der Waals surface area contributed by atoms with Crippen molar-refractivity contribution in [2.45, 2.75) is 26.9 Å². The van der Waals surface area contributed by atoms with Gasteiger partial charge in [0.1, 0.15) is 6.10 Å². The summed E-state index contributed by atoms with van der Waals surface area (Å²) in [6.45, 7) is 7.95. The Labute approximate surface area is 109 Å². The Balaban J connectivity index is 2.07. The van der Waals surface area contributed by atoms with Gasteiger partial charge in [-0.2, -0.15) is 0 Å². The van der Waals surface area contributed by atoms with Gasteiger partial charge in [0.2, 0.25) is 5.91 Å². The largest absolute Gasteiger partial charge is 0.370 e. The zero-order chi connectivity index (χ0) is 13.1. The highest BCUT2D eigenvalue weighted by molar-refractivity contribution is 5.78. The Kier molecular flexibility index (Phi) is 4.02. The molecular weight excluding hydrogens is 226 g/mol. The van der Waals surface area contributed by atoms with Gasteiger partial charge in [0, 0.05) is 12.5 Å². The minimum absolute atomic E-state index is 0.0158. The fourth-order valence-corrected chi connectivity index (χ4v) is 2.20. The second-order valence-corrected chi connectivity index (χ2v) is 5.21. The van der Waals surface area contributed by atoms with Crippen LogP contribution in [-0.2, 0) is 9.53 Å². The average molecular weight is 247 g/mol. The van der Waals surface area contributed by atoms with Gasteiger partial charge in [0.15, 0.2) is 0 Å². The van der Waals surface area contributed by atoms with E-state index in [0.717, 1.165) is 5.56 Å². The van der Waals surface area contributed by atoms with E-state index < -0.39 is 0 Å². The van der Waals surface area contributed by atoms with E-state index >= 15 is 0 Å². The summed E-state index contributed by atoms with van der Waals surface area (Å²) >= 11 is 0. The van der Waals surface area contributed by atoms with E-state index in [2.05, 4.69) is 31.2 Å². The number of hydrogen-bond acceptors (Lipinski definition) is 2. The fourth-order valence-electron chi connectivity index (χ4n) is 2.20. The molecule has 3 nitrogen and oxygen atoms in total. The van der Waals surface area contributed by atoms with E-state index in [9.17, 15) is 4.79 Å². The van der Waals surface area contributed by atoms with Gasteiger partial charge in [0.05, 0.1) is 13.2 Å². The number of hydrogen-bond donors (Lipinski definition) is 0. The van der Waals surface area contributed by atoms with E-state index in [1.165, 1.54) is 5.56 Å². The lowest BCUT2D eigenvalue weighted by Gasteiger charge is -2.34. The molecule has 0 saturated carbocycles. The van der Waals surface area contributed by atoms with Crippen LogP contribution >= 0.6 is 0 Å². The summed E-state index contributed by atoms with van der Waals surface area (Å²) in [5, 5.41) is 0. The molecule has 18 heavy (non-hydrogen) atoms. The van der Waals surface area contributed by atoms with E-state index in [4.69, 9.17) is 4.74 Å². The van der Waals surface area contributed by atoms with Crippen LogP contribution < -0.4 is 0 Å². The van der Waals surface area contributed by atoms with Crippen molar-refractivity contribution in [3.8, 4) is 0 Å². The summed E-state index contributed by atoms with van der Waals surface area (Å²) in [6, 6.07) is 8.34. The highest BCUT2D eigenvalue weighted by Gasteiger charge is 2.26. The first kappa shape index (κ1) is 13.1. The molecule has 1 atom stereocenters. The third-order valence-electron chi connectivity index (χ3n) is 3.32. The quantitative estimate of drug-likeness (QED) is 0.804. The zero-order valence-electron chi connectivity index (χ0n) is 11.3. The van der Waals surface area contributed by atoms with Crippen LogP contribution in [0.4, 0.5) is 0 Å². The molecule has 0 aromatic heterocycles. The number of morpholine rings is 1. The lowest BCUT2D eigenvalue weighted by molar-refractivity contribution is -0.142. The first-order chi connectivity index (χ1) is 8.58. The molecule has 1 unspecified atom stereocenters. The van der Waals surface area contributed by atoms with Gasteiger partial charge in [-0.3, -0.25) is 4.79 Å². The molecule has 1 heterocycles. The monoisotopic (exact) mass is 247 g/mol. The van der Waals surface area contributed by atoms with Crippen molar-refractivity contribution >= 4 is 5.91 Å². The third kappa shape index (κ3) is 2.91. The van der Waals surface area contributed by atoms with E-state index in [0.29, 0.717) is 19.7 Å². The molecule has 2 rings (SSSR count). The van der Waals surface area contributed by atoms with Crippen LogP contribution in [0.1, 0.15) is 31.1 Å². The van der Waals surface area contributed by atoms with Gasteiger partial charge < -0.3 is 9.64 Å². The topological polar surface area (TPSA) is 29.5 Å². The van der Waals surface area contributed by atoms with E-state index in [-0.39, 0.29) is 17.9 Å². The maximum Gasteiger partial charge on any atom is 0.225 e. The van der Waals surface area contributed by atoms with Crippen LogP contribution in [0.15, 0.2) is 24.3 Å². The number of carbonyl (C=O) groups excluding carboxylic acids is 1. The summed E-state index contributed by atoms with van der Waals surface area (Å²) in [5.74, 6) is 0.275. The highest BCUT2D eigenvalue weighted by atomic mass is 16.5. The number of carbonyl (C=O) groups is 1. The fraction of sp³-hybridized carbons (Fsp3) is 0.533. The third-order valence-corrected chi connectivity index (χ3v) is 3.32. The summed E-state index contributed by atoms with van der Waals surface area (Å²) in [5.41, 5.74) is 2.39. The molecule has 1 saturated heterocycles. The average Bonchev–Trinajstić information content (AvgIpc) is 2.38. The van der Waals surface area contributed by atoms with Gasteiger partial charge in [0.25, 0.3) is 0 Å². The molecule has 0 aliphatic carbocycles. The van der Waals surface area contributed by atoms with Crippen LogP contribution in [0.5, 0.6) is 0 Å². The molecule has 1 fully saturated rings. The van der Waals surface area contributed by atoms with Gasteiger partial charge in [-0.25, -0.2) is 0 Å². The molecule has 0 radical (unpaired) electrons. The summed E-state index contributed by atoms with van der Waals surface area (Å²) in [4.78, 5) is 13.9. The van der Waals surface area contributed by atoms with Crippen LogP contribution in [0.3, 0.4) is 0 Å². The van der Waals surface area contributed by atoms with Crippen LogP contribution in [0.25, 0.3) is 0 Å². The number of rotatable bonds is 2. The van der Waals surface area contributed by atoms with Crippen LogP contribution in [-0.4, -0.2) is 30.5 Å². The van der Waals surface area contributed by atoms with Crippen molar-refractivity contribution < 1.29 is 9.53 Å². The van der Waals surface area contributed by atoms with Crippen LogP contribution in [0, 0.1) is 12.8 Å². The lowest BCUT2D eigenvalue weighted by atomic mass is 10.0. The second-order valence-electron chi connectivity index (χ2n) is 5.21. The Morgan fingerprint density at radius 1 is 1.33 bits per heavy atom. The minimum atomic E-state index is 0.0158. The first-order valence-corrected chi connectivity index (χ1v) is 6.55. The molecular formula is C15H21NO2. The molecule has 1 aliphatic heterocycles. The predicted molar refractivity (Wildman–Crippen MR) is 71.3 cm³/mol. The number of amides is 1. The zero-order valence-corrected chi connectivity index (χ0v) is 11.3. The smallest absolute Gasteiger partial charge is 0.225 e. The SMILES string of the molecule is Cc1ccc(C2CN(C(=O)C(C)C)CCO2)cc1. The molecule has 0 spiro atoms. The normalized spacial score (nSPS) is 20.2. The van der Waals surface area contributed by atoms with Crippen molar-refractivity contribution in [2.75, 3.05) is 19.7 Å². The molecule has 3 heteroatoms. The number of aryl methyl sites for hydroxylation is 1. The molecule has 98 valence electrons. The summed E-state index contributed by atoms with van der Waals surface area (Å²) < 4.78 is 5.77. The maximum atomic E-state index is 12.0. The number of benzene rings is 1. The van der Waals surface area contributed by atoms with Gasteiger partial charge >= 0.3 is 0 Å². The first-order valence-electron chi connectivity index (χ1n) is 6.55. The molecule has 0 N–H and O–H groups in total. The van der Waals surface area contributed by atoms with Gasteiger partial charge in [-0.05, 0) is 12.5 Å². The maximum absolute atomic E-state index is 12.0. The number of ether oxygens (including phenoxy) is 1. The Bertz CT molecular complexity index is 411. The Hall–Kier alpha value is -1.35. The van der Waals surface area contributed by atoms with Gasteiger partial charge in [-0.1, -0.05) is 43.7 Å². The van der Waals surface area contributed by atoms with E-state index in [1.807, 2.05) is 18.7 Å². The van der Waals surface area contributed by atoms with Crippen molar-refractivity contribution in [2.24, 2.45) is 5.92 Å². The molecule has 1 amide bonds. The van der Waals surface area contributed by atoms with Crippen LogP contribution in [0.2, 0.25) is 0 Å². The highest BCUT2D eigenvalue weighted by Crippen LogP contribution is 2.23. The van der Waals surface area contributed by atoms with Crippen molar-refractivity contribution in [3.05, 3.63) is 35.4 Å². The Morgan fingerprint density at radius 2 is 2.00 bits per heavy atom. The lowest BCUT2D eigenvalue weighted by Crippen LogP contribution is -2.44. The number of nitrogens with zero attached hydrogens (tertiary/aromatic N) is 1. The summed E-state index contributed by atoms with van der Waals surface area (Å²) in [6.07, 6.45) is 0.0158. The second kappa shape index (κ2) is 5.53. The van der Waals surface area contributed by atoms with E-state index in [1.54, 1.807) is 0 Å². The molecule has 1 aromatic carbocycles. The molecule has 1 aromatic rings. The predicted octanol–water partition coefficient (Wildman–Crippen LogP) is 2.55. The molecule has 0 bridgehead atoms. The standard InChI is InChI=1S/C15H21NO2/c1-11(2)15(17)16-8-9-18-14(10-16)13-6-4-12(3)5-7-13/h4-7,11,14H,8-10H2,1-3H3. The summed E-state index contributed by atoms with van der Waals surface area (Å²) in [7, 11) is 0. The van der Waals surface area contributed by atoms with Crippen molar-refractivity contribution in [1.82, 2.24) is 4.90 Å². The Morgan fingerprint density at radius 3 is 2.61 bits per heavy atom. The van der Waals surface area contributed by atoms with Crippen molar-refractivity contribution in [3.63, 3.8) is 0 Å². The van der Waals surface area contributed by atoms with Crippen molar-refractivity contribution in [1.29, 1.82) is 0 Å². The minimum Gasteiger partial charge on any atom is -0.370 e. The molecule has 1 aliphatic rings.